The number of piperazine rings is 1. The maximum atomic E-state index is 12.9. The van der Waals surface area contributed by atoms with E-state index in [1.54, 1.807) is 19.1 Å². The molecule has 178 valence electrons. The molecule has 4 rings (SSSR count). The summed E-state index contributed by atoms with van der Waals surface area (Å²) in [6, 6.07) is 4.46. The van der Waals surface area contributed by atoms with Gasteiger partial charge in [0.2, 0.25) is 0 Å². The molecular formula is C20H26ClN7O5. The van der Waals surface area contributed by atoms with Crippen molar-refractivity contribution in [3.05, 3.63) is 45.1 Å². The number of anilines is 2. The lowest BCUT2D eigenvalue weighted by Gasteiger charge is -2.33. The van der Waals surface area contributed by atoms with E-state index < -0.39 is 16.9 Å². The molecule has 0 bridgehead atoms. The molecule has 0 saturated carbocycles. The minimum absolute atomic E-state index is 0. The summed E-state index contributed by atoms with van der Waals surface area (Å²) in [4.78, 5) is 40.4. The number of benzene rings is 1. The molecule has 0 atom stereocenters. The molecule has 1 fully saturated rings. The Morgan fingerprint density at radius 2 is 1.97 bits per heavy atom. The first-order valence-electron chi connectivity index (χ1n) is 10.4. The SMILES string of the molecule is CCOC(=O)n1nc(NC(=O)c2ccc(N3CCN(C)CC3)c([N+](=O)[O-])c2)c2c1CNC2.Cl. The second-order valence-electron chi connectivity index (χ2n) is 7.69. The van der Waals surface area contributed by atoms with E-state index >= 15 is 0 Å². The van der Waals surface area contributed by atoms with E-state index in [2.05, 4.69) is 20.6 Å². The molecule has 0 unspecified atom stereocenters. The average Bonchev–Trinajstić information content (AvgIpc) is 3.38. The molecule has 3 heterocycles. The van der Waals surface area contributed by atoms with Crippen LogP contribution < -0.4 is 15.5 Å². The van der Waals surface area contributed by atoms with Crippen LogP contribution in [0.25, 0.3) is 0 Å². The molecule has 12 nitrogen and oxygen atoms in total. The van der Waals surface area contributed by atoms with Crippen LogP contribution in [0.2, 0.25) is 0 Å². The quantitative estimate of drug-likeness (QED) is 0.486. The molecule has 33 heavy (non-hydrogen) atoms. The number of hydrogen-bond donors (Lipinski definition) is 2. The predicted molar refractivity (Wildman–Crippen MR) is 123 cm³/mol. The third kappa shape index (κ3) is 4.92. The summed E-state index contributed by atoms with van der Waals surface area (Å²) < 4.78 is 6.15. The summed E-state index contributed by atoms with van der Waals surface area (Å²) >= 11 is 0. The molecule has 0 spiro atoms. The van der Waals surface area contributed by atoms with Crippen molar-refractivity contribution in [2.24, 2.45) is 0 Å². The normalized spacial score (nSPS) is 15.5. The Bertz CT molecular complexity index is 1070. The highest BCUT2D eigenvalue weighted by Gasteiger charge is 2.28. The van der Waals surface area contributed by atoms with Crippen LogP contribution in [0, 0.1) is 10.1 Å². The van der Waals surface area contributed by atoms with Crippen LogP contribution in [0.1, 0.15) is 28.5 Å². The summed E-state index contributed by atoms with van der Waals surface area (Å²) in [6.07, 6.45) is -0.625. The van der Waals surface area contributed by atoms with Crippen LogP contribution in [-0.2, 0) is 17.8 Å². The van der Waals surface area contributed by atoms with Gasteiger partial charge in [0.05, 0.1) is 17.2 Å². The zero-order chi connectivity index (χ0) is 22.8. The van der Waals surface area contributed by atoms with E-state index in [0.29, 0.717) is 43.1 Å². The number of hydrogen-bond acceptors (Lipinski definition) is 9. The number of halogens is 1. The molecule has 1 aromatic heterocycles. The number of nitrogens with one attached hydrogen (secondary N) is 2. The highest BCUT2D eigenvalue weighted by molar-refractivity contribution is 6.05. The van der Waals surface area contributed by atoms with Gasteiger partial charge < -0.3 is 25.2 Å². The van der Waals surface area contributed by atoms with Gasteiger partial charge in [-0.05, 0) is 26.1 Å². The molecule has 2 N–H and O–H groups in total. The van der Waals surface area contributed by atoms with Crippen molar-refractivity contribution in [1.29, 1.82) is 0 Å². The number of carbonyl (C=O) groups is 2. The fraction of sp³-hybridized carbons (Fsp3) is 0.450. The molecule has 1 aromatic carbocycles. The third-order valence-corrected chi connectivity index (χ3v) is 5.64. The number of fused-ring (bicyclic) bond motifs is 1. The van der Waals surface area contributed by atoms with E-state index in [-0.39, 0.29) is 36.1 Å². The Morgan fingerprint density at radius 1 is 1.24 bits per heavy atom. The predicted octanol–water partition coefficient (Wildman–Crippen LogP) is 1.82. The Morgan fingerprint density at radius 3 is 2.64 bits per heavy atom. The van der Waals surface area contributed by atoms with Gasteiger partial charge in [-0.1, -0.05) is 0 Å². The molecule has 0 radical (unpaired) electrons. The second kappa shape index (κ2) is 10.1. The van der Waals surface area contributed by atoms with E-state index in [9.17, 15) is 19.7 Å². The molecule has 2 aromatic rings. The first-order chi connectivity index (χ1) is 15.4. The number of aromatic nitrogens is 2. The number of amides is 1. The van der Waals surface area contributed by atoms with Gasteiger partial charge in [0.1, 0.15) is 5.69 Å². The Labute approximate surface area is 196 Å². The molecule has 2 aliphatic rings. The molecule has 1 saturated heterocycles. The number of nitro groups is 1. The molecule has 1 amide bonds. The zero-order valence-electron chi connectivity index (χ0n) is 18.4. The van der Waals surface area contributed by atoms with Crippen molar-refractivity contribution in [2.45, 2.75) is 20.0 Å². The van der Waals surface area contributed by atoms with Crippen molar-refractivity contribution in [3.63, 3.8) is 0 Å². The largest absolute Gasteiger partial charge is 0.448 e. The van der Waals surface area contributed by atoms with Crippen LogP contribution in [0.15, 0.2) is 18.2 Å². The number of ether oxygens (including phenoxy) is 1. The van der Waals surface area contributed by atoms with Crippen LogP contribution in [0.3, 0.4) is 0 Å². The van der Waals surface area contributed by atoms with Gasteiger partial charge in [-0.25, -0.2) is 4.79 Å². The van der Waals surface area contributed by atoms with Crippen molar-refractivity contribution >= 4 is 41.6 Å². The van der Waals surface area contributed by atoms with Crippen molar-refractivity contribution in [1.82, 2.24) is 20.0 Å². The maximum absolute atomic E-state index is 12.9. The van der Waals surface area contributed by atoms with E-state index in [1.807, 2.05) is 11.9 Å². The van der Waals surface area contributed by atoms with Crippen LogP contribution >= 0.6 is 12.4 Å². The fourth-order valence-corrected chi connectivity index (χ4v) is 3.90. The maximum Gasteiger partial charge on any atom is 0.435 e. The summed E-state index contributed by atoms with van der Waals surface area (Å²) in [5.41, 5.74) is 1.83. The lowest BCUT2D eigenvalue weighted by Crippen LogP contribution is -2.44. The van der Waals surface area contributed by atoms with Gasteiger partial charge in [0.25, 0.3) is 11.6 Å². The molecular weight excluding hydrogens is 454 g/mol. The standard InChI is InChI=1S/C20H25N7O5.ClH/c1-3-32-20(29)26-17-12-21-11-14(17)18(23-26)22-19(28)13-4-5-15(16(10-13)27(30)31)25-8-6-24(2)7-9-25;/h4-5,10,21H,3,6-9,11-12H2,1-2H3,(H,22,23,28);1H. The minimum Gasteiger partial charge on any atom is -0.448 e. The van der Waals surface area contributed by atoms with Gasteiger partial charge in [-0.3, -0.25) is 14.9 Å². The summed E-state index contributed by atoms with van der Waals surface area (Å²) in [5.74, 6) is -0.310. The zero-order valence-corrected chi connectivity index (χ0v) is 19.2. The van der Waals surface area contributed by atoms with Crippen molar-refractivity contribution in [3.8, 4) is 0 Å². The van der Waals surface area contributed by atoms with E-state index in [4.69, 9.17) is 4.74 Å². The topological polar surface area (TPSA) is 135 Å². The molecule has 2 aliphatic heterocycles. The van der Waals surface area contributed by atoms with Gasteiger partial charge in [0.15, 0.2) is 5.82 Å². The molecule has 13 heteroatoms. The summed E-state index contributed by atoms with van der Waals surface area (Å²) in [7, 11) is 2.01. The number of carbonyl (C=O) groups excluding carboxylic acids is 2. The number of rotatable bonds is 5. The average molecular weight is 480 g/mol. The minimum atomic E-state index is -0.625. The number of nitrogens with zero attached hydrogens (tertiary/aromatic N) is 5. The first-order valence-corrected chi connectivity index (χ1v) is 10.4. The van der Waals surface area contributed by atoms with Crippen molar-refractivity contribution < 1.29 is 19.2 Å². The van der Waals surface area contributed by atoms with Gasteiger partial charge in [-0.15, -0.1) is 17.5 Å². The summed E-state index contributed by atoms with van der Waals surface area (Å²) in [6.45, 7) is 5.71. The summed E-state index contributed by atoms with van der Waals surface area (Å²) in [5, 5.41) is 21.7. The fourth-order valence-electron chi connectivity index (χ4n) is 3.90. The van der Waals surface area contributed by atoms with Gasteiger partial charge in [0, 0.05) is 56.5 Å². The lowest BCUT2D eigenvalue weighted by molar-refractivity contribution is -0.384. The van der Waals surface area contributed by atoms with Gasteiger partial charge >= 0.3 is 6.09 Å². The Hall–Kier alpha value is -3.22. The molecule has 0 aliphatic carbocycles. The monoisotopic (exact) mass is 479 g/mol. The van der Waals surface area contributed by atoms with Gasteiger partial charge in [-0.2, -0.15) is 4.68 Å². The van der Waals surface area contributed by atoms with E-state index in [1.165, 1.54) is 6.07 Å². The highest BCUT2D eigenvalue weighted by atomic mass is 35.5. The smallest absolute Gasteiger partial charge is 0.435 e. The number of likely N-dealkylation sites (N-methyl/N-ethyl adjacent to an activating group) is 1. The second-order valence-corrected chi connectivity index (χ2v) is 7.69. The van der Waals surface area contributed by atoms with E-state index in [0.717, 1.165) is 17.8 Å². The first kappa shape index (κ1) is 24.4. The van der Waals surface area contributed by atoms with Crippen LogP contribution in [0.5, 0.6) is 0 Å². The van der Waals surface area contributed by atoms with Crippen LogP contribution in [-0.4, -0.2) is 71.4 Å². The third-order valence-electron chi connectivity index (χ3n) is 5.64. The lowest BCUT2D eigenvalue weighted by atomic mass is 10.1. The number of nitro benzene ring substituents is 1. The Balaban J connectivity index is 0.00000306. The van der Waals surface area contributed by atoms with Crippen LogP contribution in [0.4, 0.5) is 22.0 Å². The van der Waals surface area contributed by atoms with Crippen molar-refractivity contribution in [2.75, 3.05) is 50.1 Å². The highest BCUT2D eigenvalue weighted by Crippen LogP contribution is 2.31. The Kier molecular flexibility index (Phi) is 7.51.